The summed E-state index contributed by atoms with van der Waals surface area (Å²) in [6.07, 6.45) is 0.832. The molecule has 86 valence electrons. The van der Waals surface area contributed by atoms with Crippen LogP contribution < -0.4 is 0 Å². The van der Waals surface area contributed by atoms with Gasteiger partial charge in [0.15, 0.2) is 11.5 Å². The molecule has 0 fully saturated rings. The number of aromatic nitrogens is 1. The van der Waals surface area contributed by atoms with E-state index in [0.717, 1.165) is 29.0 Å². The lowest BCUT2D eigenvalue weighted by Crippen LogP contribution is -2.09. The highest BCUT2D eigenvalue weighted by Gasteiger charge is 2.17. The Kier molecular flexibility index (Phi) is 2.70. The summed E-state index contributed by atoms with van der Waals surface area (Å²) in [6.45, 7) is 8.49. The lowest BCUT2D eigenvalue weighted by Gasteiger charge is -2.14. The third-order valence-electron chi connectivity index (χ3n) is 2.37. The lowest BCUT2D eigenvalue weighted by atomic mass is 9.92. The van der Waals surface area contributed by atoms with Crippen LogP contribution in [0.1, 0.15) is 32.2 Å². The summed E-state index contributed by atoms with van der Waals surface area (Å²) in [5.74, 6) is 0.785. The quantitative estimate of drug-likeness (QED) is 0.736. The van der Waals surface area contributed by atoms with Gasteiger partial charge in [-0.3, -0.25) is 0 Å². The molecule has 0 saturated carbocycles. The number of oxazole rings is 1. The lowest BCUT2D eigenvalue weighted by molar-refractivity contribution is 0.361. The van der Waals surface area contributed by atoms with Gasteiger partial charge in [-0.05, 0) is 30.0 Å². The highest BCUT2D eigenvalue weighted by molar-refractivity contribution is 6.31. The minimum atomic E-state index is 0.179. The van der Waals surface area contributed by atoms with E-state index in [1.54, 1.807) is 0 Å². The first kappa shape index (κ1) is 11.5. The van der Waals surface area contributed by atoms with Crippen LogP contribution in [0.25, 0.3) is 11.1 Å². The van der Waals surface area contributed by atoms with Gasteiger partial charge in [0.25, 0.3) is 0 Å². The molecule has 0 aliphatic heterocycles. The number of hydrogen-bond acceptors (Lipinski definition) is 2. The molecular weight excluding hydrogens is 222 g/mol. The summed E-state index contributed by atoms with van der Waals surface area (Å²) in [5.41, 5.74) is 2.92. The largest absolute Gasteiger partial charge is 0.440 e. The van der Waals surface area contributed by atoms with Crippen LogP contribution in [0.3, 0.4) is 0 Å². The maximum Gasteiger partial charge on any atom is 0.196 e. The zero-order valence-corrected chi connectivity index (χ0v) is 10.9. The Labute approximate surface area is 101 Å². The van der Waals surface area contributed by atoms with E-state index in [4.69, 9.17) is 16.0 Å². The van der Waals surface area contributed by atoms with Gasteiger partial charge in [0.1, 0.15) is 5.52 Å². The van der Waals surface area contributed by atoms with Gasteiger partial charge in [-0.2, -0.15) is 0 Å². The molecule has 0 aliphatic rings. The van der Waals surface area contributed by atoms with Crippen LogP contribution in [0.2, 0.25) is 5.02 Å². The van der Waals surface area contributed by atoms with Gasteiger partial charge in [0.05, 0.1) is 0 Å². The molecule has 1 heterocycles. The molecule has 3 heteroatoms. The van der Waals surface area contributed by atoms with Crippen LogP contribution in [0.4, 0.5) is 0 Å². The van der Waals surface area contributed by atoms with Gasteiger partial charge < -0.3 is 4.42 Å². The van der Waals surface area contributed by atoms with Crippen LogP contribution in [-0.4, -0.2) is 4.98 Å². The van der Waals surface area contributed by atoms with E-state index >= 15 is 0 Å². The van der Waals surface area contributed by atoms with Crippen molar-refractivity contribution in [3.05, 3.63) is 28.6 Å². The molecule has 0 atom stereocenters. The number of halogens is 1. The van der Waals surface area contributed by atoms with Crippen LogP contribution in [-0.2, 0) is 6.42 Å². The summed E-state index contributed by atoms with van der Waals surface area (Å²) in [6, 6.07) is 3.75. The number of benzene rings is 1. The Bertz CT molecular complexity index is 522. The van der Waals surface area contributed by atoms with E-state index < -0.39 is 0 Å². The number of nitrogens with zero attached hydrogens (tertiary/aromatic N) is 1. The first-order valence-corrected chi connectivity index (χ1v) is 5.78. The monoisotopic (exact) mass is 237 g/mol. The van der Waals surface area contributed by atoms with Gasteiger partial charge in [0.2, 0.25) is 0 Å². The molecule has 0 spiro atoms. The molecule has 2 aromatic rings. The number of aryl methyl sites for hydroxylation is 1. The zero-order valence-electron chi connectivity index (χ0n) is 10.1. The van der Waals surface area contributed by atoms with Crippen molar-refractivity contribution in [2.75, 3.05) is 0 Å². The van der Waals surface area contributed by atoms with E-state index in [1.165, 1.54) is 0 Å². The maximum absolute atomic E-state index is 5.98. The highest BCUT2D eigenvalue weighted by atomic mass is 35.5. The molecule has 0 bridgehead atoms. The standard InChI is InChI=1S/C13H16ClNO/c1-8-5-9(14)6-10-12(8)16-11(15-10)7-13(2,3)4/h5-6H,7H2,1-4H3. The third kappa shape index (κ3) is 2.38. The fourth-order valence-electron chi connectivity index (χ4n) is 1.73. The predicted molar refractivity (Wildman–Crippen MR) is 66.9 cm³/mol. The number of rotatable bonds is 1. The molecule has 0 saturated heterocycles. The van der Waals surface area contributed by atoms with Gasteiger partial charge in [-0.25, -0.2) is 4.98 Å². The summed E-state index contributed by atoms with van der Waals surface area (Å²) < 4.78 is 5.76. The average molecular weight is 238 g/mol. The zero-order chi connectivity index (χ0) is 11.9. The highest BCUT2D eigenvalue weighted by Crippen LogP contribution is 2.27. The first-order chi connectivity index (χ1) is 7.35. The van der Waals surface area contributed by atoms with E-state index in [1.807, 2.05) is 19.1 Å². The minimum absolute atomic E-state index is 0.179. The Hall–Kier alpha value is -1.02. The normalized spacial score (nSPS) is 12.3. The van der Waals surface area contributed by atoms with Crippen molar-refractivity contribution in [3.63, 3.8) is 0 Å². The third-order valence-corrected chi connectivity index (χ3v) is 2.58. The summed E-state index contributed by atoms with van der Waals surface area (Å²) in [4.78, 5) is 4.47. The second kappa shape index (κ2) is 3.77. The fourth-order valence-corrected chi connectivity index (χ4v) is 2.00. The SMILES string of the molecule is Cc1cc(Cl)cc2nc(CC(C)(C)C)oc12. The molecule has 2 nitrogen and oxygen atoms in total. The molecule has 0 unspecified atom stereocenters. The average Bonchev–Trinajstić information content (AvgIpc) is 2.43. The van der Waals surface area contributed by atoms with Crippen molar-refractivity contribution in [1.29, 1.82) is 0 Å². The second-order valence-corrected chi connectivity index (χ2v) is 5.85. The molecule has 0 amide bonds. The summed E-state index contributed by atoms with van der Waals surface area (Å²) in [5, 5.41) is 0.709. The Balaban J connectivity index is 2.48. The van der Waals surface area contributed by atoms with Crippen LogP contribution in [0.15, 0.2) is 16.5 Å². The maximum atomic E-state index is 5.98. The molecule has 1 aromatic carbocycles. The Morgan fingerprint density at radius 1 is 1.31 bits per heavy atom. The van der Waals surface area contributed by atoms with E-state index in [0.29, 0.717) is 5.02 Å². The topological polar surface area (TPSA) is 26.0 Å². The minimum Gasteiger partial charge on any atom is -0.440 e. The molecule has 1 aromatic heterocycles. The van der Waals surface area contributed by atoms with Gasteiger partial charge in [0, 0.05) is 11.4 Å². The van der Waals surface area contributed by atoms with Crippen molar-refractivity contribution in [2.24, 2.45) is 5.41 Å². The molecule has 16 heavy (non-hydrogen) atoms. The molecule has 0 aliphatic carbocycles. The predicted octanol–water partition coefficient (Wildman–Crippen LogP) is 4.38. The fraction of sp³-hybridized carbons (Fsp3) is 0.462. The van der Waals surface area contributed by atoms with Gasteiger partial charge in [-0.1, -0.05) is 32.4 Å². The van der Waals surface area contributed by atoms with E-state index in [-0.39, 0.29) is 5.41 Å². The van der Waals surface area contributed by atoms with Crippen molar-refractivity contribution in [2.45, 2.75) is 34.1 Å². The Morgan fingerprint density at radius 3 is 2.62 bits per heavy atom. The summed E-state index contributed by atoms with van der Waals surface area (Å²) >= 11 is 5.98. The molecule has 0 N–H and O–H groups in total. The smallest absolute Gasteiger partial charge is 0.196 e. The van der Waals surface area contributed by atoms with Crippen LogP contribution in [0, 0.1) is 12.3 Å². The van der Waals surface area contributed by atoms with Crippen molar-refractivity contribution >= 4 is 22.7 Å². The number of hydrogen-bond donors (Lipinski definition) is 0. The Morgan fingerprint density at radius 2 is 2.00 bits per heavy atom. The van der Waals surface area contributed by atoms with Crippen molar-refractivity contribution in [3.8, 4) is 0 Å². The molecule has 0 radical (unpaired) electrons. The summed E-state index contributed by atoms with van der Waals surface area (Å²) in [7, 11) is 0. The van der Waals surface area contributed by atoms with E-state index in [2.05, 4.69) is 25.8 Å². The van der Waals surface area contributed by atoms with Gasteiger partial charge in [-0.15, -0.1) is 0 Å². The number of fused-ring (bicyclic) bond motifs is 1. The second-order valence-electron chi connectivity index (χ2n) is 5.42. The van der Waals surface area contributed by atoms with Crippen molar-refractivity contribution in [1.82, 2.24) is 4.98 Å². The van der Waals surface area contributed by atoms with Crippen LogP contribution in [0.5, 0.6) is 0 Å². The molecule has 2 rings (SSSR count). The van der Waals surface area contributed by atoms with Crippen LogP contribution >= 0.6 is 11.6 Å². The van der Waals surface area contributed by atoms with E-state index in [9.17, 15) is 0 Å². The van der Waals surface area contributed by atoms with Crippen molar-refractivity contribution < 1.29 is 4.42 Å². The molecular formula is C13H16ClNO. The first-order valence-electron chi connectivity index (χ1n) is 5.41. The van der Waals surface area contributed by atoms with Gasteiger partial charge >= 0.3 is 0 Å².